The number of thioether (sulfide) groups is 1. The topological polar surface area (TPSA) is 206 Å². The number of carbonyl (C=O) groups is 3. The van der Waals surface area contributed by atoms with Crippen LogP contribution in [0.1, 0.15) is 201 Å². The minimum atomic E-state index is -0.686. The van der Waals surface area contributed by atoms with Crippen molar-refractivity contribution in [3.63, 3.8) is 0 Å². The van der Waals surface area contributed by atoms with Gasteiger partial charge in [-0.05, 0) is 237 Å². The first-order valence-corrected chi connectivity index (χ1v) is 45.5. The van der Waals surface area contributed by atoms with Gasteiger partial charge in [-0.2, -0.15) is 11.8 Å². The fraction of sp³-hybridized carbons (Fsp3) is 0.417. The summed E-state index contributed by atoms with van der Waals surface area (Å²) in [7, 11) is 1.59. The van der Waals surface area contributed by atoms with Crippen LogP contribution in [0, 0.1) is 11.8 Å². The molecule has 6 aromatic rings. The second kappa shape index (κ2) is 73.1. The van der Waals surface area contributed by atoms with E-state index in [9.17, 15) is 19.5 Å². The van der Waals surface area contributed by atoms with Gasteiger partial charge in [-0.1, -0.05) is 240 Å². The third-order valence-corrected chi connectivity index (χ3v) is 20.5. The smallest absolute Gasteiger partial charge is 0.407 e. The van der Waals surface area contributed by atoms with E-state index in [1.54, 1.807) is 7.11 Å². The highest BCUT2D eigenvalue weighted by atomic mass is 32.2. The first kappa shape index (κ1) is 112. The average molecular weight is 1760 g/mol. The molecule has 0 aromatic heterocycles. The summed E-state index contributed by atoms with van der Waals surface area (Å²) in [5.74, 6) is 4.87. The second-order valence-electron chi connectivity index (χ2n) is 31.0. The van der Waals surface area contributed by atoms with Crippen molar-refractivity contribution in [2.24, 2.45) is 11.8 Å². The Morgan fingerprint density at radius 2 is 0.937 bits per heavy atom. The van der Waals surface area contributed by atoms with E-state index in [4.69, 9.17) is 56.8 Å². The van der Waals surface area contributed by atoms with Crippen molar-refractivity contribution in [3.05, 3.63) is 317 Å². The molecule has 2 amide bonds. The lowest BCUT2D eigenvalue weighted by Gasteiger charge is -2.29. The fourth-order valence-electron chi connectivity index (χ4n) is 12.2. The fourth-order valence-corrected chi connectivity index (χ4v) is 13.0. The Labute approximate surface area is 767 Å². The van der Waals surface area contributed by atoms with E-state index in [-0.39, 0.29) is 19.3 Å². The maximum absolute atomic E-state index is 12.3. The van der Waals surface area contributed by atoms with Crippen molar-refractivity contribution >= 4 is 65.2 Å². The third-order valence-electron chi connectivity index (χ3n) is 19.5. The molecule has 1 fully saturated rings. The minimum Gasteiger partial charge on any atom is -0.502 e. The first-order chi connectivity index (χ1) is 61.5. The first-order valence-electron chi connectivity index (χ1n) is 44.3. The minimum absolute atomic E-state index is 0.152. The average Bonchev–Trinajstić information content (AvgIpc) is 0.829. The number of aliphatic hydroxyl groups excluding tert-OH is 1. The number of benzene rings is 6. The molecule has 1 atom stereocenters. The highest BCUT2D eigenvalue weighted by Gasteiger charge is 2.28. The number of hydrogen-bond acceptors (Lipinski definition) is 17. The summed E-state index contributed by atoms with van der Waals surface area (Å²) in [5, 5.41) is 15.8. The van der Waals surface area contributed by atoms with Crippen LogP contribution in [0.4, 0.5) is 9.59 Å². The van der Waals surface area contributed by atoms with Crippen LogP contribution in [-0.2, 0) is 69.7 Å². The van der Waals surface area contributed by atoms with E-state index in [1.165, 1.54) is 66.4 Å². The summed E-state index contributed by atoms with van der Waals surface area (Å²) in [6.45, 7) is 53.8. The monoisotopic (exact) mass is 1760 g/mol. The molecule has 0 bridgehead atoms. The molecule has 7 rings (SSSR count). The standard InChI is InChI=1S/C23H33NO3.C19H27NO3.C19H28O5.C17H22O2.C15H20O2.C15H20OS/c1-6-26-15-18-10-12-19(13-11-18)16-27-22(25)24-23(4,5)21-9-7-8-20(14-21)17(2)3;1-6-22-12-7-8-13-23-18(21)20-19(4,5)17-11-9-10-16(14-17)15(2)3;1-4-8-16-9-10-18(19(13-16)21-3)24-15-17(20)14-23-12-7-6-11-22-5-2;1-3-15-8-10-16(11-9-15)12-13-17(18)7-5-6-14-19-4-2;2*1-2-16-12-6-7-13-17-14-8-11-15-9-4-3-5-10-15/h6-9,14,18-19H,1-2,10-13,15-16H2,3-5H3,(H,24,25);6,9-11,14H,1-2,7-8,12-13H2,3-5H3,(H,20,21);4-5,8-10,13,17,20H,2,6-7,11-12,14-15H2,1,3H3;3-4,8-11H,1-2,5-7,12-14H2;2*2-5,8-11H,1,6-7,12-14H2/b;;;;2*11-8+. The molecule has 6 aromatic carbocycles. The van der Waals surface area contributed by atoms with Crippen molar-refractivity contribution in [3.8, 4) is 11.5 Å². The molecule has 1 aliphatic rings. The third kappa shape index (κ3) is 57.4. The Morgan fingerprint density at radius 1 is 0.472 bits per heavy atom. The van der Waals surface area contributed by atoms with Crippen LogP contribution in [0.2, 0.25) is 0 Å². The number of amides is 2. The summed E-state index contributed by atoms with van der Waals surface area (Å²) in [5.41, 5.74) is 11.0. The number of hydrogen-bond donors (Lipinski definition) is 3. The quantitative estimate of drug-likeness (QED) is 0.0240. The lowest BCUT2D eigenvalue weighted by Crippen LogP contribution is -2.42. The van der Waals surface area contributed by atoms with Crippen LogP contribution in [0.15, 0.2) is 267 Å². The van der Waals surface area contributed by atoms with Gasteiger partial charge in [0.25, 0.3) is 0 Å². The lowest BCUT2D eigenvalue weighted by molar-refractivity contribution is -0.119. The maximum Gasteiger partial charge on any atom is 0.407 e. The largest absolute Gasteiger partial charge is 0.502 e. The van der Waals surface area contributed by atoms with Crippen LogP contribution < -0.4 is 20.1 Å². The summed E-state index contributed by atoms with van der Waals surface area (Å²) < 4.78 is 63.0. The molecule has 0 saturated heterocycles. The number of aliphatic hydroxyl groups is 1. The van der Waals surface area contributed by atoms with Gasteiger partial charge in [0.05, 0.1) is 122 Å². The number of ketones is 1. The molecule has 0 heterocycles. The molecule has 1 saturated carbocycles. The Balaban J connectivity index is 0.000000520. The molecule has 0 spiro atoms. The SMILES string of the molecule is C=COCC1CCC(COC(=O)NC(C)(C)c2cccc(C(=C)C)c2)CC1.C=COCCCCC(=O)CCc1ccc(C=C)cc1.C=COCCCCOC(=O)NC(C)(C)c1cccc(C(=C)C)c1.C=COCCCCOC/C=C/c1ccccc1.C=COCCCCOCC(O)COc1ccc(C=CC)cc1OC.C=COCCCCSC/C=C/c1ccccc1. The number of rotatable bonds is 58. The molecule has 0 aliphatic heterocycles. The number of methoxy groups -OCH3 is 1. The zero-order valence-electron chi connectivity index (χ0n) is 77.6. The number of nitrogens with one attached hydrogen (secondary N) is 2. The van der Waals surface area contributed by atoms with Gasteiger partial charge in [0.15, 0.2) is 11.5 Å². The van der Waals surface area contributed by atoms with Crippen molar-refractivity contribution < 1.29 is 76.3 Å². The Bertz CT molecular complexity index is 4020. The zero-order chi connectivity index (χ0) is 93.1. The van der Waals surface area contributed by atoms with Gasteiger partial charge in [0.2, 0.25) is 0 Å². The summed E-state index contributed by atoms with van der Waals surface area (Å²) in [6, 6.07) is 50.5. The molecule has 0 radical (unpaired) electrons. The summed E-state index contributed by atoms with van der Waals surface area (Å²) >= 11 is 1.96. The zero-order valence-corrected chi connectivity index (χ0v) is 78.5. The molecule has 694 valence electrons. The number of carbonyl (C=O) groups excluding carboxylic acids is 3. The van der Waals surface area contributed by atoms with E-state index >= 15 is 0 Å². The maximum atomic E-state index is 12.3. The highest BCUT2D eigenvalue weighted by molar-refractivity contribution is 7.99. The summed E-state index contributed by atoms with van der Waals surface area (Å²) in [6.07, 6.45) is 37.5. The van der Waals surface area contributed by atoms with E-state index in [0.717, 1.165) is 167 Å². The second-order valence-corrected chi connectivity index (χ2v) is 32.2. The van der Waals surface area contributed by atoms with Crippen LogP contribution >= 0.6 is 11.8 Å². The Kier molecular flexibility index (Phi) is 64.5. The molecular weight excluding hydrogens is 1610 g/mol. The van der Waals surface area contributed by atoms with Gasteiger partial charge in [-0.3, -0.25) is 4.79 Å². The summed E-state index contributed by atoms with van der Waals surface area (Å²) in [4.78, 5) is 36.0. The van der Waals surface area contributed by atoms with E-state index < -0.39 is 23.3 Å². The number of allylic oxidation sites excluding steroid dienone is 3. The van der Waals surface area contributed by atoms with E-state index in [1.807, 2.05) is 182 Å². The van der Waals surface area contributed by atoms with E-state index in [0.29, 0.717) is 88.2 Å². The van der Waals surface area contributed by atoms with Crippen molar-refractivity contribution in [2.75, 3.05) is 105 Å². The lowest BCUT2D eigenvalue weighted by atomic mass is 9.83. The van der Waals surface area contributed by atoms with Gasteiger partial charge < -0.3 is 72.6 Å². The van der Waals surface area contributed by atoms with E-state index in [2.05, 4.69) is 143 Å². The normalized spacial score (nSPS) is 12.8. The molecule has 19 heteroatoms. The number of aryl methyl sites for hydroxylation is 1. The molecule has 18 nitrogen and oxygen atoms in total. The van der Waals surface area contributed by atoms with Crippen LogP contribution in [-0.4, -0.2) is 134 Å². The van der Waals surface area contributed by atoms with Gasteiger partial charge in [-0.25, -0.2) is 9.59 Å². The predicted molar refractivity (Wildman–Crippen MR) is 529 cm³/mol. The molecular formula is C108H150N2O16S. The van der Waals surface area contributed by atoms with Gasteiger partial charge >= 0.3 is 12.2 Å². The number of ether oxygens (including phenoxy) is 12. The Hall–Kier alpha value is -11.0. The van der Waals surface area contributed by atoms with Gasteiger partial charge in [0, 0.05) is 31.8 Å². The van der Waals surface area contributed by atoms with Crippen LogP contribution in [0.3, 0.4) is 0 Å². The van der Waals surface area contributed by atoms with Gasteiger partial charge in [0.1, 0.15) is 18.5 Å². The number of alkyl carbamates (subject to hydrolysis) is 2. The van der Waals surface area contributed by atoms with Crippen molar-refractivity contribution in [1.82, 2.24) is 10.6 Å². The van der Waals surface area contributed by atoms with Crippen LogP contribution in [0.25, 0.3) is 35.5 Å². The van der Waals surface area contributed by atoms with Gasteiger partial charge in [-0.15, -0.1) is 0 Å². The predicted octanol–water partition coefficient (Wildman–Crippen LogP) is 25.9. The highest BCUT2D eigenvalue weighted by Crippen LogP contribution is 2.32. The molecule has 1 aliphatic carbocycles. The van der Waals surface area contributed by atoms with Crippen molar-refractivity contribution in [1.29, 1.82) is 0 Å². The Morgan fingerprint density at radius 3 is 1.43 bits per heavy atom. The number of unbranched alkanes of at least 4 members (excludes halogenated alkanes) is 5. The molecule has 3 N–H and O–H groups in total. The molecule has 127 heavy (non-hydrogen) atoms. The van der Waals surface area contributed by atoms with Crippen LogP contribution in [0.5, 0.6) is 11.5 Å². The van der Waals surface area contributed by atoms with Crippen molar-refractivity contribution in [2.45, 2.75) is 175 Å². The molecule has 1 unspecified atom stereocenters. The number of Topliss-reactive ketones (excluding diaryl/α,β-unsaturated/α-hetero) is 1.